The summed E-state index contributed by atoms with van der Waals surface area (Å²) in [5.74, 6) is -0.162. The van der Waals surface area contributed by atoms with Gasteiger partial charge in [0, 0.05) is 10.0 Å². The minimum Gasteiger partial charge on any atom is -0.398 e. The highest BCUT2D eigenvalue weighted by molar-refractivity contribution is 9.10. The number of hydrogen-bond donors (Lipinski definition) is 1. The van der Waals surface area contributed by atoms with Crippen molar-refractivity contribution < 1.29 is 4.79 Å². The summed E-state index contributed by atoms with van der Waals surface area (Å²) in [7, 11) is 0. The minimum atomic E-state index is -0.162. The van der Waals surface area contributed by atoms with E-state index in [0.29, 0.717) is 15.7 Å². The molecule has 1 aromatic rings. The number of carbonyl (C=O) groups excluding carboxylic acids is 1. The predicted molar refractivity (Wildman–Crippen MR) is 53.3 cm³/mol. The quantitative estimate of drug-likeness (QED) is 0.602. The van der Waals surface area contributed by atoms with E-state index in [1.165, 1.54) is 6.92 Å². The van der Waals surface area contributed by atoms with E-state index in [1.54, 1.807) is 12.1 Å². The summed E-state index contributed by atoms with van der Waals surface area (Å²) >= 11 is 3.20. The van der Waals surface area contributed by atoms with Gasteiger partial charge in [0.1, 0.15) is 6.07 Å². The Morgan fingerprint density at radius 1 is 1.62 bits per heavy atom. The van der Waals surface area contributed by atoms with Gasteiger partial charge in [0.05, 0.1) is 11.3 Å². The van der Waals surface area contributed by atoms with Crippen LogP contribution in [0.5, 0.6) is 0 Å². The average Bonchev–Trinajstić information content (AvgIpc) is 2.02. The van der Waals surface area contributed by atoms with Gasteiger partial charge in [-0.05, 0) is 19.1 Å². The van der Waals surface area contributed by atoms with E-state index in [0.717, 1.165) is 0 Å². The van der Waals surface area contributed by atoms with Gasteiger partial charge in [0.25, 0.3) is 0 Å². The van der Waals surface area contributed by atoms with Crippen LogP contribution in [-0.4, -0.2) is 5.78 Å². The predicted octanol–water partition coefficient (Wildman–Crippen LogP) is 2.11. The summed E-state index contributed by atoms with van der Waals surface area (Å²) in [6.07, 6.45) is 0. The van der Waals surface area contributed by atoms with Crippen LogP contribution in [0.1, 0.15) is 22.8 Å². The lowest BCUT2D eigenvalue weighted by Crippen LogP contribution is -2.01. The molecular weight excluding hydrogens is 232 g/mol. The zero-order valence-corrected chi connectivity index (χ0v) is 8.55. The maximum Gasteiger partial charge on any atom is 0.161 e. The fraction of sp³-hybridized carbons (Fsp3) is 0.111. The van der Waals surface area contributed by atoms with Crippen LogP contribution < -0.4 is 5.73 Å². The summed E-state index contributed by atoms with van der Waals surface area (Å²) in [5.41, 5.74) is 6.49. The molecule has 3 nitrogen and oxygen atoms in total. The summed E-state index contributed by atoms with van der Waals surface area (Å²) in [6, 6.07) is 5.10. The highest BCUT2D eigenvalue weighted by Gasteiger charge is 2.10. The third-order valence-electron chi connectivity index (χ3n) is 1.62. The largest absolute Gasteiger partial charge is 0.398 e. The second kappa shape index (κ2) is 3.58. The maximum absolute atomic E-state index is 11.1. The Kier molecular flexibility index (Phi) is 2.69. The number of hydrogen-bond acceptors (Lipinski definition) is 3. The molecule has 0 amide bonds. The number of nitriles is 1. The van der Waals surface area contributed by atoms with E-state index in [9.17, 15) is 4.79 Å². The first kappa shape index (κ1) is 9.75. The Morgan fingerprint density at radius 3 is 2.69 bits per heavy atom. The number of rotatable bonds is 1. The number of anilines is 1. The molecule has 13 heavy (non-hydrogen) atoms. The van der Waals surface area contributed by atoms with Crippen LogP contribution in [0.2, 0.25) is 0 Å². The topological polar surface area (TPSA) is 66.9 Å². The van der Waals surface area contributed by atoms with Crippen molar-refractivity contribution in [3.05, 3.63) is 27.7 Å². The van der Waals surface area contributed by atoms with Crippen LogP contribution in [0.4, 0.5) is 5.69 Å². The van der Waals surface area contributed by atoms with Gasteiger partial charge >= 0.3 is 0 Å². The molecule has 0 heterocycles. The number of Topliss-reactive ketones (excluding diaryl/α,β-unsaturated/α-hetero) is 1. The number of benzene rings is 1. The van der Waals surface area contributed by atoms with Crippen molar-refractivity contribution >= 4 is 27.4 Å². The van der Waals surface area contributed by atoms with E-state index < -0.39 is 0 Å². The number of halogens is 1. The van der Waals surface area contributed by atoms with E-state index in [1.807, 2.05) is 6.07 Å². The smallest absolute Gasteiger partial charge is 0.161 e. The zero-order valence-electron chi connectivity index (χ0n) is 6.97. The minimum absolute atomic E-state index is 0.162. The monoisotopic (exact) mass is 238 g/mol. The highest BCUT2D eigenvalue weighted by Crippen LogP contribution is 2.23. The normalized spacial score (nSPS) is 9.31. The van der Waals surface area contributed by atoms with Crippen molar-refractivity contribution in [1.29, 1.82) is 5.26 Å². The molecule has 4 heteroatoms. The number of nitrogen functional groups attached to an aromatic ring is 1. The fourth-order valence-corrected chi connectivity index (χ4v) is 1.51. The lowest BCUT2D eigenvalue weighted by atomic mass is 10.0. The molecule has 0 saturated carbocycles. The van der Waals surface area contributed by atoms with Gasteiger partial charge in [-0.3, -0.25) is 4.79 Å². The number of nitrogens with two attached hydrogens (primary N) is 1. The first-order chi connectivity index (χ1) is 6.06. The van der Waals surface area contributed by atoms with Gasteiger partial charge in [0.15, 0.2) is 5.78 Å². The highest BCUT2D eigenvalue weighted by atomic mass is 79.9. The van der Waals surface area contributed by atoms with Crippen molar-refractivity contribution in [2.45, 2.75) is 6.92 Å². The van der Waals surface area contributed by atoms with Gasteiger partial charge in [0.2, 0.25) is 0 Å². The van der Waals surface area contributed by atoms with Crippen molar-refractivity contribution in [2.24, 2.45) is 0 Å². The fourth-order valence-electron chi connectivity index (χ4n) is 1.03. The molecule has 0 aliphatic heterocycles. The second-order valence-electron chi connectivity index (χ2n) is 2.59. The van der Waals surface area contributed by atoms with Crippen LogP contribution in [0.15, 0.2) is 16.6 Å². The molecule has 1 aromatic carbocycles. The lowest BCUT2D eigenvalue weighted by molar-refractivity contribution is 0.101. The van der Waals surface area contributed by atoms with Crippen molar-refractivity contribution in [1.82, 2.24) is 0 Å². The van der Waals surface area contributed by atoms with Gasteiger partial charge < -0.3 is 5.73 Å². The number of carbonyl (C=O) groups is 1. The second-order valence-corrected chi connectivity index (χ2v) is 3.50. The standard InChI is InChI=1S/C9H7BrN2O/c1-5(13)7-2-6(10)3-9(12)8(7)4-11/h2-3H,12H2,1H3. The molecule has 66 valence electrons. The molecule has 0 bridgehead atoms. The van der Waals surface area contributed by atoms with Crippen molar-refractivity contribution in [2.75, 3.05) is 5.73 Å². The Balaban J connectivity index is 3.50. The van der Waals surface area contributed by atoms with Crippen LogP contribution in [-0.2, 0) is 0 Å². The summed E-state index contributed by atoms with van der Waals surface area (Å²) in [4.78, 5) is 11.1. The van der Waals surface area contributed by atoms with Crippen LogP contribution in [0.25, 0.3) is 0 Å². The molecule has 0 saturated heterocycles. The molecule has 0 fully saturated rings. The molecule has 2 N–H and O–H groups in total. The average molecular weight is 239 g/mol. The summed E-state index contributed by atoms with van der Waals surface area (Å²) < 4.78 is 0.703. The van der Waals surface area contributed by atoms with E-state index >= 15 is 0 Å². The molecule has 0 atom stereocenters. The van der Waals surface area contributed by atoms with E-state index in [4.69, 9.17) is 11.0 Å². The zero-order chi connectivity index (χ0) is 10.0. The number of nitrogens with zero attached hydrogens (tertiary/aromatic N) is 1. The molecule has 0 aromatic heterocycles. The van der Waals surface area contributed by atoms with Gasteiger partial charge in [-0.1, -0.05) is 15.9 Å². The van der Waals surface area contributed by atoms with E-state index in [-0.39, 0.29) is 11.3 Å². The molecule has 0 aliphatic carbocycles. The number of ketones is 1. The third kappa shape index (κ3) is 1.87. The van der Waals surface area contributed by atoms with Gasteiger partial charge in [-0.15, -0.1) is 0 Å². The van der Waals surface area contributed by atoms with Crippen LogP contribution in [0.3, 0.4) is 0 Å². The summed E-state index contributed by atoms with van der Waals surface area (Å²) in [5, 5.41) is 8.74. The SMILES string of the molecule is CC(=O)c1cc(Br)cc(N)c1C#N. The Morgan fingerprint density at radius 2 is 2.23 bits per heavy atom. The van der Waals surface area contributed by atoms with Crippen molar-refractivity contribution in [3.8, 4) is 6.07 Å². The Labute approximate surface area is 84.3 Å². The molecule has 1 rings (SSSR count). The van der Waals surface area contributed by atoms with Crippen molar-refractivity contribution in [3.63, 3.8) is 0 Å². The first-order valence-electron chi connectivity index (χ1n) is 3.56. The molecular formula is C9H7BrN2O. The third-order valence-corrected chi connectivity index (χ3v) is 2.08. The van der Waals surface area contributed by atoms with Crippen LogP contribution in [0, 0.1) is 11.3 Å². The molecule has 0 aliphatic rings. The molecule has 0 radical (unpaired) electrons. The Bertz CT molecular complexity index is 407. The molecule has 0 unspecified atom stereocenters. The van der Waals surface area contributed by atoms with Crippen LogP contribution >= 0.6 is 15.9 Å². The maximum atomic E-state index is 11.1. The van der Waals surface area contributed by atoms with Gasteiger partial charge in [-0.25, -0.2) is 0 Å². The summed E-state index contributed by atoms with van der Waals surface area (Å²) in [6.45, 7) is 1.40. The van der Waals surface area contributed by atoms with E-state index in [2.05, 4.69) is 15.9 Å². The molecule has 0 spiro atoms. The lowest BCUT2D eigenvalue weighted by Gasteiger charge is -2.03. The first-order valence-corrected chi connectivity index (χ1v) is 4.35. The van der Waals surface area contributed by atoms with Gasteiger partial charge in [-0.2, -0.15) is 5.26 Å². The Hall–Kier alpha value is -1.34.